The molecule has 0 amide bonds. The summed E-state index contributed by atoms with van der Waals surface area (Å²) in [6.45, 7) is 2.11. The molecule has 2 N–H and O–H groups in total. The molecule has 1 saturated carbocycles. The van der Waals surface area contributed by atoms with Gasteiger partial charge >= 0.3 is 0 Å². The van der Waals surface area contributed by atoms with E-state index in [1.165, 1.54) is 24.1 Å². The van der Waals surface area contributed by atoms with Crippen molar-refractivity contribution in [2.24, 2.45) is 5.73 Å². The summed E-state index contributed by atoms with van der Waals surface area (Å²) in [5.41, 5.74) is 9.67. The quantitative estimate of drug-likeness (QED) is 0.893. The second-order valence-electron chi connectivity index (χ2n) is 5.03. The Labute approximate surface area is 108 Å². The third-order valence-electron chi connectivity index (χ3n) is 3.63. The van der Waals surface area contributed by atoms with Crippen LogP contribution in [0.15, 0.2) is 36.5 Å². The molecule has 0 aliphatic heterocycles. The van der Waals surface area contributed by atoms with Gasteiger partial charge in [-0.1, -0.05) is 25.1 Å². The second-order valence-corrected chi connectivity index (χ2v) is 5.03. The van der Waals surface area contributed by atoms with E-state index in [2.05, 4.69) is 36.4 Å². The number of aromatic nitrogens is 2. The molecule has 1 aromatic heterocycles. The van der Waals surface area contributed by atoms with Gasteiger partial charge < -0.3 is 5.73 Å². The van der Waals surface area contributed by atoms with Gasteiger partial charge in [-0.05, 0) is 37.0 Å². The van der Waals surface area contributed by atoms with Crippen LogP contribution in [0.1, 0.15) is 49.4 Å². The maximum Gasteiger partial charge on any atom is 0.0693 e. The minimum Gasteiger partial charge on any atom is -0.324 e. The molecule has 1 aromatic carbocycles. The smallest absolute Gasteiger partial charge is 0.0693 e. The molecule has 18 heavy (non-hydrogen) atoms. The van der Waals surface area contributed by atoms with Crippen LogP contribution in [0.5, 0.6) is 0 Å². The van der Waals surface area contributed by atoms with Crippen LogP contribution in [0, 0.1) is 0 Å². The first-order chi connectivity index (χ1) is 8.79. The van der Waals surface area contributed by atoms with Crippen molar-refractivity contribution in [2.75, 3.05) is 0 Å². The van der Waals surface area contributed by atoms with E-state index in [-0.39, 0.29) is 6.04 Å². The van der Waals surface area contributed by atoms with Crippen LogP contribution in [0.25, 0.3) is 5.69 Å². The Morgan fingerprint density at radius 2 is 2.11 bits per heavy atom. The highest BCUT2D eigenvalue weighted by Crippen LogP contribution is 2.39. The maximum absolute atomic E-state index is 6.17. The van der Waals surface area contributed by atoms with Crippen LogP contribution in [0.4, 0.5) is 0 Å². The van der Waals surface area contributed by atoms with Gasteiger partial charge in [-0.2, -0.15) is 5.10 Å². The monoisotopic (exact) mass is 241 g/mol. The van der Waals surface area contributed by atoms with Crippen LogP contribution in [-0.2, 0) is 0 Å². The fourth-order valence-electron chi connectivity index (χ4n) is 2.30. The zero-order valence-corrected chi connectivity index (χ0v) is 10.7. The van der Waals surface area contributed by atoms with E-state index in [0.29, 0.717) is 5.92 Å². The highest BCUT2D eigenvalue weighted by Gasteiger charge is 2.26. The van der Waals surface area contributed by atoms with Gasteiger partial charge in [-0.15, -0.1) is 0 Å². The lowest BCUT2D eigenvalue weighted by Gasteiger charge is -2.14. The molecule has 0 spiro atoms. The Kier molecular flexibility index (Phi) is 2.92. The van der Waals surface area contributed by atoms with E-state index < -0.39 is 0 Å². The summed E-state index contributed by atoms with van der Waals surface area (Å²) in [6, 6.07) is 10.5. The van der Waals surface area contributed by atoms with Crippen molar-refractivity contribution in [3.63, 3.8) is 0 Å². The largest absolute Gasteiger partial charge is 0.324 e. The number of nitrogens with zero attached hydrogens (tertiary/aromatic N) is 2. The average molecular weight is 241 g/mol. The summed E-state index contributed by atoms with van der Waals surface area (Å²) >= 11 is 0. The van der Waals surface area contributed by atoms with Crippen molar-refractivity contribution < 1.29 is 0 Å². The molecule has 1 heterocycles. The minimum atomic E-state index is 0.0785. The summed E-state index contributed by atoms with van der Waals surface area (Å²) < 4.78 is 1.97. The summed E-state index contributed by atoms with van der Waals surface area (Å²) in [4.78, 5) is 0. The molecule has 94 valence electrons. The highest BCUT2D eigenvalue weighted by atomic mass is 15.3. The molecule has 1 fully saturated rings. The first kappa shape index (κ1) is 11.5. The predicted molar refractivity (Wildman–Crippen MR) is 72.8 cm³/mol. The minimum absolute atomic E-state index is 0.0785. The van der Waals surface area contributed by atoms with Gasteiger partial charge in [0, 0.05) is 18.2 Å². The average Bonchev–Trinajstić information content (AvgIpc) is 3.16. The third kappa shape index (κ3) is 2.06. The lowest BCUT2D eigenvalue weighted by atomic mass is 10.0. The first-order valence-corrected chi connectivity index (χ1v) is 6.70. The van der Waals surface area contributed by atoms with Crippen molar-refractivity contribution in [3.05, 3.63) is 47.8 Å². The summed E-state index contributed by atoms with van der Waals surface area (Å²) in [5, 5.41) is 4.68. The van der Waals surface area contributed by atoms with Gasteiger partial charge in [0.1, 0.15) is 0 Å². The number of benzene rings is 1. The summed E-state index contributed by atoms with van der Waals surface area (Å²) in [7, 11) is 0. The van der Waals surface area contributed by atoms with Crippen LogP contribution >= 0.6 is 0 Å². The topological polar surface area (TPSA) is 43.8 Å². The summed E-state index contributed by atoms with van der Waals surface area (Å²) in [5.74, 6) is 0.693. The Hall–Kier alpha value is -1.61. The fourth-order valence-corrected chi connectivity index (χ4v) is 2.30. The van der Waals surface area contributed by atoms with Gasteiger partial charge in [-0.3, -0.25) is 0 Å². The number of hydrogen-bond donors (Lipinski definition) is 1. The first-order valence-electron chi connectivity index (χ1n) is 6.70. The van der Waals surface area contributed by atoms with Gasteiger partial charge in [0.25, 0.3) is 0 Å². The van der Waals surface area contributed by atoms with E-state index in [4.69, 9.17) is 5.73 Å². The molecule has 0 radical (unpaired) electrons. The van der Waals surface area contributed by atoms with E-state index in [1.54, 1.807) is 0 Å². The van der Waals surface area contributed by atoms with Crippen LogP contribution in [0.3, 0.4) is 0 Å². The molecular weight excluding hydrogens is 222 g/mol. The van der Waals surface area contributed by atoms with E-state index in [9.17, 15) is 0 Å². The van der Waals surface area contributed by atoms with Crippen LogP contribution < -0.4 is 5.73 Å². The molecular formula is C15H19N3. The zero-order chi connectivity index (χ0) is 12.5. The molecule has 1 aliphatic rings. The molecule has 3 rings (SSSR count). The molecule has 1 atom stereocenters. The molecule has 0 bridgehead atoms. The maximum atomic E-state index is 6.17. The SMILES string of the molecule is CC[C@@H](N)c1ccccc1-n1ccc(C2CC2)n1. The van der Waals surface area contributed by atoms with Gasteiger partial charge in [0.2, 0.25) is 0 Å². The normalized spacial score (nSPS) is 16.8. The Morgan fingerprint density at radius 3 is 2.83 bits per heavy atom. The fraction of sp³-hybridized carbons (Fsp3) is 0.400. The highest BCUT2D eigenvalue weighted by molar-refractivity contribution is 5.42. The van der Waals surface area contributed by atoms with Crippen molar-refractivity contribution >= 4 is 0 Å². The molecule has 3 heteroatoms. The number of hydrogen-bond acceptors (Lipinski definition) is 2. The zero-order valence-electron chi connectivity index (χ0n) is 10.7. The number of para-hydroxylation sites is 1. The van der Waals surface area contributed by atoms with Crippen LogP contribution in [-0.4, -0.2) is 9.78 Å². The van der Waals surface area contributed by atoms with E-state index >= 15 is 0 Å². The van der Waals surface area contributed by atoms with Crippen molar-refractivity contribution in [1.29, 1.82) is 0 Å². The number of nitrogens with two attached hydrogens (primary N) is 1. The third-order valence-corrected chi connectivity index (χ3v) is 3.63. The van der Waals surface area contributed by atoms with E-state index in [0.717, 1.165) is 12.1 Å². The lowest BCUT2D eigenvalue weighted by molar-refractivity contribution is 0.685. The predicted octanol–water partition coefficient (Wildman–Crippen LogP) is 3.16. The molecule has 3 nitrogen and oxygen atoms in total. The van der Waals surface area contributed by atoms with Crippen LogP contribution in [0.2, 0.25) is 0 Å². The van der Waals surface area contributed by atoms with Crippen molar-refractivity contribution in [1.82, 2.24) is 9.78 Å². The van der Waals surface area contributed by atoms with Crippen molar-refractivity contribution in [2.45, 2.75) is 38.1 Å². The number of rotatable bonds is 4. The summed E-state index contributed by atoms with van der Waals surface area (Å²) in [6.07, 6.45) is 5.56. The van der Waals surface area contributed by atoms with Gasteiger partial charge in [-0.25, -0.2) is 4.68 Å². The van der Waals surface area contributed by atoms with Crippen molar-refractivity contribution in [3.8, 4) is 5.69 Å². The molecule has 0 saturated heterocycles. The van der Waals surface area contributed by atoms with Gasteiger partial charge in [0.05, 0.1) is 11.4 Å². The Bertz CT molecular complexity index is 540. The Morgan fingerprint density at radius 1 is 1.33 bits per heavy atom. The standard InChI is InChI=1S/C15H19N3/c1-2-13(16)12-5-3-4-6-15(12)18-10-9-14(17-18)11-7-8-11/h3-6,9-11,13H,2,7-8,16H2,1H3/t13-/m1/s1. The molecule has 0 unspecified atom stereocenters. The molecule has 1 aliphatic carbocycles. The lowest BCUT2D eigenvalue weighted by Crippen LogP contribution is -2.12. The van der Waals surface area contributed by atoms with E-state index in [1.807, 2.05) is 16.8 Å². The van der Waals surface area contributed by atoms with Gasteiger partial charge in [0.15, 0.2) is 0 Å². The molecule has 2 aromatic rings. The Balaban J connectivity index is 1.98. The second kappa shape index (κ2) is 4.58.